The first-order valence-corrected chi connectivity index (χ1v) is 5.23. The lowest BCUT2D eigenvalue weighted by Crippen LogP contribution is -2.60. The monoisotopic (exact) mass is 212 g/mol. The van der Waals surface area contributed by atoms with E-state index in [0.717, 1.165) is 5.37 Å². The summed E-state index contributed by atoms with van der Waals surface area (Å²) >= 11 is 0. The van der Waals surface area contributed by atoms with Crippen molar-refractivity contribution in [3.63, 3.8) is 0 Å². The van der Waals surface area contributed by atoms with Crippen LogP contribution in [0.5, 0.6) is 0 Å². The first kappa shape index (κ1) is 9.72. The minimum Gasteiger partial charge on any atom is -0.507 e. The molecule has 0 bridgehead atoms. The second-order valence-corrected chi connectivity index (χ2v) is 4.23. The lowest BCUT2D eigenvalue weighted by molar-refractivity contribution is -1.91. The Bertz CT molecular complexity index is 264. The van der Waals surface area contributed by atoms with Gasteiger partial charge in [-0.05, 0) is 12.2 Å². The SMILES string of the molecule is [O-][Cl+3]([O-])([O-])OS1=CC(O)=CC=C1. The van der Waals surface area contributed by atoms with Gasteiger partial charge in [0.2, 0.25) is 0 Å². The fourth-order valence-electron chi connectivity index (χ4n) is 0.541. The summed E-state index contributed by atoms with van der Waals surface area (Å²) in [5.74, 6) is -0.125. The Morgan fingerprint density at radius 2 is 2.08 bits per heavy atom. The zero-order valence-corrected chi connectivity index (χ0v) is 7.25. The van der Waals surface area contributed by atoms with E-state index in [9.17, 15) is 14.0 Å². The predicted molar refractivity (Wildman–Crippen MR) is 34.6 cm³/mol. The summed E-state index contributed by atoms with van der Waals surface area (Å²) in [5, 5.41) is 11.3. The quantitative estimate of drug-likeness (QED) is 0.527. The van der Waals surface area contributed by atoms with Crippen LogP contribution in [-0.4, -0.2) is 10.5 Å². The van der Waals surface area contributed by atoms with Crippen molar-refractivity contribution in [2.45, 2.75) is 0 Å². The Balaban J connectivity index is 2.68. The van der Waals surface area contributed by atoms with E-state index in [1.54, 1.807) is 0 Å². The average molecular weight is 213 g/mol. The van der Waals surface area contributed by atoms with Crippen LogP contribution in [0.2, 0.25) is 0 Å². The third-order valence-electron chi connectivity index (χ3n) is 0.866. The highest BCUT2D eigenvalue weighted by molar-refractivity contribution is 8.13. The van der Waals surface area contributed by atoms with E-state index in [1.807, 2.05) is 0 Å². The Morgan fingerprint density at radius 3 is 2.58 bits per heavy atom. The highest BCUT2D eigenvalue weighted by Gasteiger charge is 2.21. The maximum atomic E-state index is 10.1. The van der Waals surface area contributed by atoms with Gasteiger partial charge in [-0.25, -0.2) is 0 Å². The van der Waals surface area contributed by atoms with Gasteiger partial charge in [-0.15, -0.1) is 0 Å². The maximum absolute atomic E-state index is 10.1. The molecule has 0 aromatic carbocycles. The number of allylic oxidation sites excluding steroid dienone is 3. The molecule has 1 atom stereocenters. The van der Waals surface area contributed by atoms with Crippen LogP contribution in [0.4, 0.5) is 0 Å². The summed E-state index contributed by atoms with van der Waals surface area (Å²) in [6.45, 7) is 0. The van der Waals surface area contributed by atoms with Crippen LogP contribution < -0.4 is 14.0 Å². The standard InChI is InChI=1S/C5H5ClO5S/c7-5-2-1-3-12(4-5)11-6(8,9)10/h1-4,7H. The van der Waals surface area contributed by atoms with E-state index in [-0.39, 0.29) is 5.76 Å². The molecule has 1 heterocycles. The lowest BCUT2D eigenvalue weighted by atomic mass is 10.5. The number of hydrogen-bond acceptors (Lipinski definition) is 5. The lowest BCUT2D eigenvalue weighted by Gasteiger charge is -2.12. The molecule has 0 amide bonds. The molecule has 0 aliphatic carbocycles. The second kappa shape index (κ2) is 3.56. The number of rotatable bonds is 2. The van der Waals surface area contributed by atoms with Gasteiger partial charge in [0.25, 0.3) is 0 Å². The molecule has 0 fully saturated rings. The van der Waals surface area contributed by atoms with Gasteiger partial charge < -0.3 is 5.11 Å². The van der Waals surface area contributed by atoms with Crippen molar-refractivity contribution in [1.82, 2.24) is 0 Å². The van der Waals surface area contributed by atoms with Crippen LogP contribution in [0.3, 0.4) is 0 Å². The molecule has 5 nitrogen and oxygen atoms in total. The normalized spacial score (nSPS) is 23.2. The summed E-state index contributed by atoms with van der Waals surface area (Å²) in [4.78, 5) is 0. The molecular weight excluding hydrogens is 208 g/mol. The summed E-state index contributed by atoms with van der Waals surface area (Å²) in [7, 11) is -5.72. The molecule has 0 aromatic heterocycles. The van der Waals surface area contributed by atoms with E-state index >= 15 is 0 Å². The molecule has 0 saturated heterocycles. The topological polar surface area (TPSA) is 98.6 Å². The maximum Gasteiger partial charge on any atom is 0.140 e. The van der Waals surface area contributed by atoms with Gasteiger partial charge in [0.05, 0.1) is 10.2 Å². The van der Waals surface area contributed by atoms with Crippen molar-refractivity contribution in [2.24, 2.45) is 0 Å². The summed E-state index contributed by atoms with van der Waals surface area (Å²) < 4.78 is 34.2. The average Bonchev–Trinajstić information content (AvgIpc) is 1.82. The highest BCUT2D eigenvalue weighted by Crippen LogP contribution is 2.22. The van der Waals surface area contributed by atoms with Gasteiger partial charge in [0.15, 0.2) is 0 Å². The summed E-state index contributed by atoms with van der Waals surface area (Å²) in [6.07, 6.45) is 2.75. The zero-order chi connectivity index (χ0) is 9.19. The molecule has 1 N–H and O–H groups in total. The number of halogens is 1. The molecule has 12 heavy (non-hydrogen) atoms. The van der Waals surface area contributed by atoms with Crippen LogP contribution in [0, 0.1) is 10.2 Å². The second-order valence-electron chi connectivity index (χ2n) is 1.81. The zero-order valence-electron chi connectivity index (χ0n) is 5.68. The van der Waals surface area contributed by atoms with Crippen molar-refractivity contribution in [2.75, 3.05) is 0 Å². The van der Waals surface area contributed by atoms with E-state index in [0.29, 0.717) is 0 Å². The van der Waals surface area contributed by atoms with Gasteiger partial charge in [-0.1, -0.05) is 0 Å². The molecule has 0 saturated carbocycles. The minimum atomic E-state index is -4.44. The first-order chi connectivity index (χ1) is 5.47. The van der Waals surface area contributed by atoms with Gasteiger partial charge in [-0.2, -0.15) is 14.0 Å². The Kier molecular flexibility index (Phi) is 2.89. The smallest absolute Gasteiger partial charge is 0.140 e. The van der Waals surface area contributed by atoms with Crippen molar-refractivity contribution >= 4 is 16.1 Å². The van der Waals surface area contributed by atoms with E-state index < -0.39 is 21.0 Å². The number of aliphatic hydroxyl groups is 1. The molecular formula is C5H5ClO5S. The number of hydrogen-bond donors (Lipinski definition) is 1. The Labute approximate surface area is 73.1 Å². The molecule has 68 valence electrons. The van der Waals surface area contributed by atoms with Gasteiger partial charge >= 0.3 is 0 Å². The van der Waals surface area contributed by atoms with Gasteiger partial charge in [-0.3, -0.25) is 0 Å². The van der Waals surface area contributed by atoms with Crippen LogP contribution in [0.1, 0.15) is 0 Å². The Hall–Kier alpha value is -0.370. The van der Waals surface area contributed by atoms with Crippen LogP contribution in [0.25, 0.3) is 0 Å². The molecule has 0 aromatic rings. The minimum absolute atomic E-state index is 0.125. The van der Waals surface area contributed by atoms with Crippen LogP contribution in [-0.2, 0) is 3.74 Å². The third kappa shape index (κ3) is 3.35. The summed E-state index contributed by atoms with van der Waals surface area (Å²) in [6, 6.07) is 0. The molecule has 1 aliphatic heterocycles. The Morgan fingerprint density at radius 1 is 1.42 bits per heavy atom. The molecule has 1 rings (SSSR count). The van der Waals surface area contributed by atoms with E-state index in [1.165, 1.54) is 17.6 Å². The summed E-state index contributed by atoms with van der Waals surface area (Å²) in [5.41, 5.74) is 0. The van der Waals surface area contributed by atoms with E-state index in [2.05, 4.69) is 3.74 Å². The number of aliphatic hydroxyl groups excluding tert-OH is 1. The van der Waals surface area contributed by atoms with Gasteiger partial charge in [0.1, 0.15) is 20.3 Å². The molecule has 0 radical (unpaired) electrons. The van der Waals surface area contributed by atoms with Crippen molar-refractivity contribution < 1.29 is 33.1 Å². The van der Waals surface area contributed by atoms with Crippen LogP contribution in [0.15, 0.2) is 23.3 Å². The van der Waals surface area contributed by atoms with Crippen LogP contribution >= 0.6 is 10.8 Å². The highest BCUT2D eigenvalue weighted by atomic mass is 35.7. The van der Waals surface area contributed by atoms with Crippen molar-refractivity contribution in [3.05, 3.63) is 23.3 Å². The molecule has 7 heteroatoms. The molecule has 0 spiro atoms. The fourth-order valence-corrected chi connectivity index (χ4v) is 2.20. The van der Waals surface area contributed by atoms with Crippen molar-refractivity contribution in [1.29, 1.82) is 0 Å². The van der Waals surface area contributed by atoms with E-state index in [4.69, 9.17) is 5.11 Å². The first-order valence-electron chi connectivity index (χ1n) is 2.72. The molecule has 1 aliphatic rings. The van der Waals surface area contributed by atoms with Crippen molar-refractivity contribution in [3.8, 4) is 0 Å². The van der Waals surface area contributed by atoms with Gasteiger partial charge in [0, 0.05) is 10.8 Å². The fraction of sp³-hybridized carbons (Fsp3) is 0. The largest absolute Gasteiger partial charge is 0.507 e. The third-order valence-corrected chi connectivity index (χ3v) is 2.96. The molecule has 1 unspecified atom stereocenters. The predicted octanol–water partition coefficient (Wildman–Crippen LogP) is -2.14.